The van der Waals surface area contributed by atoms with Gasteiger partial charge in [-0.25, -0.2) is 0 Å². The lowest BCUT2D eigenvalue weighted by Gasteiger charge is -2.34. The maximum absolute atomic E-state index is 6.07. The number of benzene rings is 1. The minimum absolute atomic E-state index is 0.0791. The summed E-state index contributed by atoms with van der Waals surface area (Å²) >= 11 is 0. The van der Waals surface area contributed by atoms with E-state index < -0.39 is 0 Å². The van der Waals surface area contributed by atoms with Gasteiger partial charge in [-0.1, -0.05) is 26.8 Å². The van der Waals surface area contributed by atoms with Gasteiger partial charge in [0.2, 0.25) is 0 Å². The van der Waals surface area contributed by atoms with Crippen LogP contribution >= 0.6 is 0 Å². The SMILES string of the molecule is CCN(CC)CC(C)(CN)Cc1ccc2c(c1)OCCO2. The molecule has 1 aliphatic rings. The quantitative estimate of drug-likeness (QED) is 0.838. The Hall–Kier alpha value is -1.26. The molecular formula is C17H28N2O2. The van der Waals surface area contributed by atoms with E-state index in [0.29, 0.717) is 19.8 Å². The van der Waals surface area contributed by atoms with E-state index >= 15 is 0 Å². The molecule has 0 aliphatic carbocycles. The highest BCUT2D eigenvalue weighted by molar-refractivity contribution is 5.44. The molecule has 1 aromatic rings. The average molecular weight is 292 g/mol. The predicted octanol–water partition coefficient (Wildman–Crippen LogP) is 2.31. The van der Waals surface area contributed by atoms with Gasteiger partial charge in [-0.3, -0.25) is 0 Å². The van der Waals surface area contributed by atoms with Crippen LogP contribution in [0.15, 0.2) is 18.2 Å². The fourth-order valence-corrected chi connectivity index (χ4v) is 2.87. The Kier molecular flexibility index (Phi) is 5.48. The second kappa shape index (κ2) is 7.14. The number of nitrogens with two attached hydrogens (primary N) is 1. The summed E-state index contributed by atoms with van der Waals surface area (Å²) in [5, 5.41) is 0. The molecule has 2 N–H and O–H groups in total. The van der Waals surface area contributed by atoms with Crippen molar-refractivity contribution in [2.45, 2.75) is 27.2 Å². The van der Waals surface area contributed by atoms with Crippen LogP contribution in [0, 0.1) is 5.41 Å². The van der Waals surface area contributed by atoms with Gasteiger partial charge >= 0.3 is 0 Å². The average Bonchev–Trinajstić information content (AvgIpc) is 2.52. The van der Waals surface area contributed by atoms with E-state index in [0.717, 1.165) is 37.6 Å². The molecule has 118 valence electrons. The van der Waals surface area contributed by atoms with Crippen molar-refractivity contribution in [1.82, 2.24) is 4.90 Å². The lowest BCUT2D eigenvalue weighted by Crippen LogP contribution is -2.42. The molecule has 0 saturated heterocycles. The smallest absolute Gasteiger partial charge is 0.161 e. The van der Waals surface area contributed by atoms with Gasteiger partial charge in [0, 0.05) is 6.54 Å². The Labute approximate surface area is 128 Å². The number of hydrogen-bond acceptors (Lipinski definition) is 4. The summed E-state index contributed by atoms with van der Waals surface area (Å²) in [4.78, 5) is 2.44. The first-order chi connectivity index (χ1) is 10.1. The number of ether oxygens (including phenoxy) is 2. The van der Waals surface area contributed by atoms with Gasteiger partial charge in [-0.15, -0.1) is 0 Å². The molecule has 1 aliphatic heterocycles. The molecule has 0 saturated carbocycles. The Balaban J connectivity index is 2.10. The summed E-state index contributed by atoms with van der Waals surface area (Å²) in [5.41, 5.74) is 7.41. The van der Waals surface area contributed by atoms with Crippen LogP contribution in [0.2, 0.25) is 0 Å². The Bertz CT molecular complexity index is 460. The summed E-state index contributed by atoms with van der Waals surface area (Å²) in [6.07, 6.45) is 0.955. The molecule has 0 radical (unpaired) electrons. The standard InChI is InChI=1S/C17H28N2O2/c1-4-19(5-2)13-17(3,12-18)11-14-6-7-15-16(10-14)21-9-8-20-15/h6-7,10H,4-5,8-9,11-13,18H2,1-3H3. The fourth-order valence-electron chi connectivity index (χ4n) is 2.87. The molecule has 1 heterocycles. The van der Waals surface area contributed by atoms with Gasteiger partial charge in [0.15, 0.2) is 11.5 Å². The first-order valence-electron chi connectivity index (χ1n) is 7.91. The fraction of sp³-hybridized carbons (Fsp3) is 0.647. The molecule has 0 spiro atoms. The molecule has 1 unspecified atom stereocenters. The zero-order valence-corrected chi connectivity index (χ0v) is 13.5. The topological polar surface area (TPSA) is 47.7 Å². The molecule has 2 rings (SSSR count). The van der Waals surface area contributed by atoms with Crippen molar-refractivity contribution < 1.29 is 9.47 Å². The summed E-state index contributed by atoms with van der Waals surface area (Å²) in [5.74, 6) is 1.71. The summed E-state index contributed by atoms with van der Waals surface area (Å²) in [6, 6.07) is 6.24. The van der Waals surface area contributed by atoms with Gasteiger partial charge in [0.1, 0.15) is 13.2 Å². The first-order valence-corrected chi connectivity index (χ1v) is 7.91. The van der Waals surface area contributed by atoms with Gasteiger partial charge < -0.3 is 20.1 Å². The van der Waals surface area contributed by atoms with Crippen molar-refractivity contribution in [2.75, 3.05) is 39.4 Å². The van der Waals surface area contributed by atoms with Crippen molar-refractivity contribution >= 4 is 0 Å². The largest absolute Gasteiger partial charge is 0.486 e. The third-order valence-corrected chi connectivity index (χ3v) is 4.23. The van der Waals surface area contributed by atoms with E-state index in [4.69, 9.17) is 15.2 Å². The third-order valence-electron chi connectivity index (χ3n) is 4.23. The lowest BCUT2D eigenvalue weighted by molar-refractivity contribution is 0.169. The highest BCUT2D eigenvalue weighted by atomic mass is 16.6. The van der Waals surface area contributed by atoms with E-state index in [2.05, 4.69) is 37.8 Å². The maximum atomic E-state index is 6.07. The monoisotopic (exact) mass is 292 g/mol. The molecule has 1 aromatic carbocycles. The number of rotatable bonds is 7. The molecule has 21 heavy (non-hydrogen) atoms. The Morgan fingerprint density at radius 1 is 1.14 bits per heavy atom. The Morgan fingerprint density at radius 2 is 1.81 bits per heavy atom. The van der Waals surface area contributed by atoms with Gasteiger partial charge in [-0.05, 0) is 49.2 Å². The highest BCUT2D eigenvalue weighted by Crippen LogP contribution is 2.33. The zero-order valence-electron chi connectivity index (χ0n) is 13.5. The van der Waals surface area contributed by atoms with Crippen LogP contribution in [-0.4, -0.2) is 44.3 Å². The van der Waals surface area contributed by atoms with Crippen LogP contribution in [-0.2, 0) is 6.42 Å². The molecular weight excluding hydrogens is 264 g/mol. The molecule has 0 aromatic heterocycles. The summed E-state index contributed by atoms with van der Waals surface area (Å²) in [6.45, 7) is 11.7. The lowest BCUT2D eigenvalue weighted by atomic mass is 9.83. The van der Waals surface area contributed by atoms with E-state index in [1.165, 1.54) is 5.56 Å². The van der Waals surface area contributed by atoms with Crippen molar-refractivity contribution in [1.29, 1.82) is 0 Å². The molecule has 0 amide bonds. The zero-order chi connectivity index (χ0) is 15.3. The second-order valence-corrected chi connectivity index (χ2v) is 6.13. The van der Waals surface area contributed by atoms with Gasteiger partial charge in [-0.2, -0.15) is 0 Å². The second-order valence-electron chi connectivity index (χ2n) is 6.13. The highest BCUT2D eigenvalue weighted by Gasteiger charge is 2.26. The van der Waals surface area contributed by atoms with E-state index in [1.807, 2.05) is 6.07 Å². The summed E-state index contributed by atoms with van der Waals surface area (Å²) in [7, 11) is 0. The van der Waals surface area contributed by atoms with Crippen LogP contribution in [0.4, 0.5) is 0 Å². The Morgan fingerprint density at radius 3 is 2.43 bits per heavy atom. The van der Waals surface area contributed by atoms with Crippen LogP contribution < -0.4 is 15.2 Å². The van der Waals surface area contributed by atoms with E-state index in [1.54, 1.807) is 0 Å². The van der Waals surface area contributed by atoms with Crippen molar-refractivity contribution in [3.05, 3.63) is 23.8 Å². The molecule has 0 fully saturated rings. The number of nitrogens with zero attached hydrogens (tertiary/aromatic N) is 1. The summed E-state index contributed by atoms with van der Waals surface area (Å²) < 4.78 is 11.2. The normalized spacial score (nSPS) is 16.8. The molecule has 0 bridgehead atoms. The van der Waals surface area contributed by atoms with Crippen molar-refractivity contribution in [3.63, 3.8) is 0 Å². The number of hydrogen-bond donors (Lipinski definition) is 1. The van der Waals surface area contributed by atoms with E-state index in [9.17, 15) is 0 Å². The van der Waals surface area contributed by atoms with Crippen LogP contribution in [0.3, 0.4) is 0 Å². The van der Waals surface area contributed by atoms with Crippen LogP contribution in [0.5, 0.6) is 11.5 Å². The molecule has 1 atom stereocenters. The van der Waals surface area contributed by atoms with Crippen LogP contribution in [0.1, 0.15) is 26.3 Å². The van der Waals surface area contributed by atoms with Gasteiger partial charge in [0.05, 0.1) is 0 Å². The molecule has 4 heteroatoms. The minimum Gasteiger partial charge on any atom is -0.486 e. The van der Waals surface area contributed by atoms with E-state index in [-0.39, 0.29) is 5.41 Å². The first kappa shape index (κ1) is 16.1. The predicted molar refractivity (Wildman–Crippen MR) is 86.1 cm³/mol. The third kappa shape index (κ3) is 4.11. The van der Waals surface area contributed by atoms with Crippen LogP contribution in [0.25, 0.3) is 0 Å². The maximum Gasteiger partial charge on any atom is 0.161 e. The molecule has 4 nitrogen and oxygen atoms in total. The number of fused-ring (bicyclic) bond motifs is 1. The van der Waals surface area contributed by atoms with Gasteiger partial charge in [0.25, 0.3) is 0 Å². The minimum atomic E-state index is 0.0791. The van der Waals surface area contributed by atoms with Crippen molar-refractivity contribution in [2.24, 2.45) is 11.1 Å². The van der Waals surface area contributed by atoms with Crippen molar-refractivity contribution in [3.8, 4) is 11.5 Å².